The smallest absolute Gasteiger partial charge is 0.268 e. The van der Waals surface area contributed by atoms with Gasteiger partial charge < -0.3 is 18.7 Å². The number of hydrogen-bond donors (Lipinski definition) is 1. The zero-order valence-corrected chi connectivity index (χ0v) is 13.5. The average Bonchev–Trinajstić information content (AvgIpc) is 3.35. The molecule has 132 valence electrons. The maximum absolute atomic E-state index is 13.5. The second kappa shape index (κ2) is 6.51. The molecule has 0 aliphatic carbocycles. The standard InChI is InChI=1S/C19H14F2N2O3/c20-14-4-3-12(8-15(14)21)11-23-16-5-7-26-18(16)9-17(23)19(24)22-10-13-2-1-6-25-13/h1-9H,10-11H2,(H,22,24). The molecule has 4 aromatic rings. The minimum absolute atomic E-state index is 0.198. The van der Waals surface area contributed by atoms with Gasteiger partial charge in [0, 0.05) is 18.7 Å². The lowest BCUT2D eigenvalue weighted by molar-refractivity contribution is 0.0939. The molecule has 0 atom stereocenters. The van der Waals surface area contributed by atoms with E-state index in [0.717, 1.165) is 12.1 Å². The van der Waals surface area contributed by atoms with Crippen LogP contribution in [0.1, 0.15) is 21.8 Å². The van der Waals surface area contributed by atoms with E-state index in [1.807, 2.05) is 0 Å². The second-order valence-electron chi connectivity index (χ2n) is 5.80. The number of amides is 1. The molecule has 0 bridgehead atoms. The molecule has 26 heavy (non-hydrogen) atoms. The summed E-state index contributed by atoms with van der Waals surface area (Å²) in [7, 11) is 0. The van der Waals surface area contributed by atoms with Crippen LogP contribution in [-0.2, 0) is 13.1 Å². The van der Waals surface area contributed by atoms with Gasteiger partial charge in [-0.15, -0.1) is 0 Å². The molecule has 7 heteroatoms. The van der Waals surface area contributed by atoms with Gasteiger partial charge in [0.15, 0.2) is 17.2 Å². The first-order chi connectivity index (χ1) is 12.6. The fourth-order valence-electron chi connectivity index (χ4n) is 2.83. The normalized spacial score (nSPS) is 11.2. The van der Waals surface area contributed by atoms with Crippen molar-refractivity contribution in [3.63, 3.8) is 0 Å². The number of carbonyl (C=O) groups is 1. The lowest BCUT2D eigenvalue weighted by Gasteiger charge is -2.10. The molecule has 0 aliphatic rings. The van der Waals surface area contributed by atoms with E-state index in [4.69, 9.17) is 8.83 Å². The minimum Gasteiger partial charge on any atom is -0.467 e. The van der Waals surface area contributed by atoms with Gasteiger partial charge in [-0.3, -0.25) is 4.79 Å². The maximum atomic E-state index is 13.5. The molecular weight excluding hydrogens is 342 g/mol. The van der Waals surface area contributed by atoms with Crippen LogP contribution in [0.25, 0.3) is 11.1 Å². The van der Waals surface area contributed by atoms with Gasteiger partial charge in [0.05, 0.1) is 24.6 Å². The topological polar surface area (TPSA) is 60.3 Å². The zero-order valence-electron chi connectivity index (χ0n) is 13.5. The predicted molar refractivity (Wildman–Crippen MR) is 89.5 cm³/mol. The molecule has 4 rings (SSSR count). The number of halogens is 2. The molecule has 0 spiro atoms. The fourth-order valence-corrected chi connectivity index (χ4v) is 2.83. The van der Waals surface area contributed by atoms with E-state index in [1.165, 1.54) is 18.6 Å². The molecule has 0 saturated heterocycles. The number of fused-ring (bicyclic) bond motifs is 1. The monoisotopic (exact) mass is 356 g/mol. The van der Waals surface area contributed by atoms with Gasteiger partial charge in [0.25, 0.3) is 5.91 Å². The van der Waals surface area contributed by atoms with E-state index in [1.54, 1.807) is 28.8 Å². The Kier molecular flexibility index (Phi) is 4.04. The quantitative estimate of drug-likeness (QED) is 0.586. The Balaban J connectivity index is 1.64. The Labute approximate surface area is 146 Å². The molecule has 0 aliphatic heterocycles. The highest BCUT2D eigenvalue weighted by molar-refractivity contribution is 5.97. The maximum Gasteiger partial charge on any atom is 0.268 e. The van der Waals surface area contributed by atoms with Gasteiger partial charge in [-0.25, -0.2) is 8.78 Å². The van der Waals surface area contributed by atoms with Crippen molar-refractivity contribution in [3.8, 4) is 0 Å². The number of furan rings is 2. The van der Waals surface area contributed by atoms with Crippen LogP contribution in [0.2, 0.25) is 0 Å². The molecule has 1 aromatic carbocycles. The van der Waals surface area contributed by atoms with Gasteiger partial charge in [0.1, 0.15) is 11.5 Å². The zero-order chi connectivity index (χ0) is 18.1. The fraction of sp³-hybridized carbons (Fsp3) is 0.105. The van der Waals surface area contributed by atoms with Crippen molar-refractivity contribution in [1.82, 2.24) is 9.88 Å². The van der Waals surface area contributed by atoms with E-state index in [2.05, 4.69) is 5.32 Å². The van der Waals surface area contributed by atoms with E-state index in [-0.39, 0.29) is 19.0 Å². The van der Waals surface area contributed by atoms with Gasteiger partial charge in [-0.2, -0.15) is 0 Å². The van der Waals surface area contributed by atoms with Crippen LogP contribution in [0.5, 0.6) is 0 Å². The van der Waals surface area contributed by atoms with Crippen LogP contribution in [0.4, 0.5) is 8.78 Å². The summed E-state index contributed by atoms with van der Waals surface area (Å²) in [4.78, 5) is 12.6. The van der Waals surface area contributed by atoms with Crippen LogP contribution in [0, 0.1) is 11.6 Å². The third-order valence-corrected chi connectivity index (χ3v) is 4.08. The average molecular weight is 356 g/mol. The second-order valence-corrected chi connectivity index (χ2v) is 5.80. The van der Waals surface area contributed by atoms with Crippen molar-refractivity contribution >= 4 is 17.0 Å². The number of nitrogens with zero attached hydrogens (tertiary/aromatic N) is 1. The largest absolute Gasteiger partial charge is 0.467 e. The van der Waals surface area contributed by atoms with Gasteiger partial charge >= 0.3 is 0 Å². The summed E-state index contributed by atoms with van der Waals surface area (Å²) in [6.45, 7) is 0.438. The summed E-state index contributed by atoms with van der Waals surface area (Å²) < 4.78 is 38.9. The summed E-state index contributed by atoms with van der Waals surface area (Å²) in [5.41, 5.74) is 2.12. The van der Waals surface area contributed by atoms with Crippen molar-refractivity contribution in [2.75, 3.05) is 0 Å². The number of carbonyl (C=O) groups excluding carboxylic acids is 1. The Morgan fingerprint density at radius 1 is 1.04 bits per heavy atom. The molecule has 0 radical (unpaired) electrons. The predicted octanol–water partition coefficient (Wildman–Crippen LogP) is 4.08. The molecular formula is C19H14F2N2O3. The van der Waals surface area contributed by atoms with Crippen molar-refractivity contribution in [3.05, 3.63) is 83.6 Å². The first-order valence-corrected chi connectivity index (χ1v) is 7.93. The summed E-state index contributed by atoms with van der Waals surface area (Å²) in [6, 6.07) is 10.5. The van der Waals surface area contributed by atoms with E-state index >= 15 is 0 Å². The summed E-state index contributed by atoms with van der Waals surface area (Å²) in [6.07, 6.45) is 3.04. The summed E-state index contributed by atoms with van der Waals surface area (Å²) in [5, 5.41) is 2.77. The van der Waals surface area contributed by atoms with Gasteiger partial charge in [0.2, 0.25) is 0 Å². The Hall–Kier alpha value is -3.35. The number of nitrogens with one attached hydrogen (secondary N) is 1. The molecule has 1 N–H and O–H groups in total. The highest BCUT2D eigenvalue weighted by atomic mass is 19.2. The highest BCUT2D eigenvalue weighted by Crippen LogP contribution is 2.23. The van der Waals surface area contributed by atoms with Crippen LogP contribution in [-0.4, -0.2) is 10.5 Å². The SMILES string of the molecule is O=C(NCc1ccco1)c1cc2occc2n1Cc1ccc(F)c(F)c1. The van der Waals surface area contributed by atoms with Crippen molar-refractivity contribution in [1.29, 1.82) is 0 Å². The highest BCUT2D eigenvalue weighted by Gasteiger charge is 2.18. The lowest BCUT2D eigenvalue weighted by Crippen LogP contribution is -2.25. The van der Waals surface area contributed by atoms with Crippen molar-refractivity contribution < 1.29 is 22.4 Å². The third kappa shape index (κ3) is 2.99. The number of benzene rings is 1. The Bertz CT molecular complexity index is 1060. The number of rotatable bonds is 5. The van der Waals surface area contributed by atoms with Crippen LogP contribution >= 0.6 is 0 Å². The molecule has 0 unspecified atom stereocenters. The summed E-state index contributed by atoms with van der Waals surface area (Å²) >= 11 is 0. The van der Waals surface area contributed by atoms with Gasteiger partial charge in [-0.1, -0.05) is 6.07 Å². The van der Waals surface area contributed by atoms with Crippen LogP contribution in [0.15, 0.2) is 63.8 Å². The Morgan fingerprint density at radius 2 is 1.92 bits per heavy atom. The van der Waals surface area contributed by atoms with Crippen molar-refractivity contribution in [2.24, 2.45) is 0 Å². The molecule has 5 nitrogen and oxygen atoms in total. The minimum atomic E-state index is -0.929. The van der Waals surface area contributed by atoms with E-state index < -0.39 is 11.6 Å². The number of hydrogen-bond acceptors (Lipinski definition) is 3. The van der Waals surface area contributed by atoms with E-state index in [9.17, 15) is 13.6 Å². The van der Waals surface area contributed by atoms with Crippen LogP contribution < -0.4 is 5.32 Å². The lowest BCUT2D eigenvalue weighted by atomic mass is 10.2. The molecule has 0 saturated carbocycles. The third-order valence-electron chi connectivity index (χ3n) is 4.08. The van der Waals surface area contributed by atoms with E-state index in [0.29, 0.717) is 28.1 Å². The first-order valence-electron chi connectivity index (χ1n) is 7.93. The van der Waals surface area contributed by atoms with Gasteiger partial charge in [-0.05, 0) is 29.8 Å². The van der Waals surface area contributed by atoms with Crippen molar-refractivity contribution in [2.45, 2.75) is 13.1 Å². The number of aromatic nitrogens is 1. The summed E-state index contributed by atoms with van der Waals surface area (Å²) in [5.74, 6) is -1.54. The molecule has 1 amide bonds. The Morgan fingerprint density at radius 3 is 2.69 bits per heavy atom. The van der Waals surface area contributed by atoms with Crippen LogP contribution in [0.3, 0.4) is 0 Å². The molecule has 3 aromatic heterocycles. The molecule has 3 heterocycles. The first kappa shape index (κ1) is 16.1. The molecule has 0 fully saturated rings.